The van der Waals surface area contributed by atoms with Crippen LogP contribution in [0.15, 0.2) is 110 Å². The number of nitrogens with zero attached hydrogens (tertiary/aromatic N) is 2. The van der Waals surface area contributed by atoms with Crippen LogP contribution < -0.4 is 0 Å². The van der Waals surface area contributed by atoms with E-state index >= 15 is 0 Å². The Kier molecular flexibility index (Phi) is 13.0. The number of aromatic nitrogens is 2. The zero-order valence-corrected chi connectivity index (χ0v) is 21.3. The molecular formula is C30H22F4N2Ti. The molecule has 0 unspecified atom stereocenters. The maximum atomic E-state index is 13.1. The zero-order chi connectivity index (χ0) is 25.6. The van der Waals surface area contributed by atoms with E-state index in [1.54, 1.807) is 58.2 Å². The Labute approximate surface area is 229 Å². The van der Waals surface area contributed by atoms with Gasteiger partial charge in [-0.15, -0.1) is 49.2 Å². The Balaban J connectivity index is 0.000000187. The molecule has 37 heavy (non-hydrogen) atoms. The molecule has 7 heteroatoms. The van der Waals surface area contributed by atoms with Crippen LogP contribution in [-0.4, -0.2) is 9.13 Å². The Morgan fingerprint density at radius 3 is 1.19 bits per heavy atom. The number of rotatable bonds is 2. The van der Waals surface area contributed by atoms with Crippen molar-refractivity contribution in [1.82, 2.24) is 9.13 Å². The van der Waals surface area contributed by atoms with Gasteiger partial charge in [0.1, 0.15) is 0 Å². The molecule has 0 aliphatic heterocycles. The van der Waals surface area contributed by atoms with E-state index < -0.39 is 23.3 Å². The minimum absolute atomic E-state index is 0. The van der Waals surface area contributed by atoms with Gasteiger partial charge in [0.05, 0.1) is 0 Å². The van der Waals surface area contributed by atoms with Gasteiger partial charge >= 0.3 is 21.7 Å². The Morgan fingerprint density at radius 2 is 0.946 bits per heavy atom. The molecule has 0 spiro atoms. The molecule has 0 saturated heterocycles. The summed E-state index contributed by atoms with van der Waals surface area (Å²) in [6.07, 6.45) is 26.7. The van der Waals surface area contributed by atoms with E-state index in [0.717, 1.165) is 12.8 Å². The molecule has 2 aromatic carbocycles. The van der Waals surface area contributed by atoms with Crippen LogP contribution in [0.3, 0.4) is 0 Å². The zero-order valence-electron chi connectivity index (χ0n) is 19.7. The molecule has 6 rings (SSSR count). The van der Waals surface area contributed by atoms with Gasteiger partial charge in [-0.3, -0.25) is 12.2 Å². The summed E-state index contributed by atoms with van der Waals surface area (Å²) in [6, 6.07) is 16.1. The monoisotopic (exact) mass is 534 g/mol. The van der Waals surface area contributed by atoms with E-state index in [9.17, 15) is 17.6 Å². The molecule has 2 aliphatic carbocycles. The second-order valence-corrected chi connectivity index (χ2v) is 7.20. The van der Waals surface area contributed by atoms with Crippen molar-refractivity contribution in [3.05, 3.63) is 157 Å². The molecule has 2 nitrogen and oxygen atoms in total. The maximum Gasteiger partial charge on any atom is 4.00 e. The first-order valence-electron chi connectivity index (χ1n) is 11.0. The first-order chi connectivity index (χ1) is 17.5. The van der Waals surface area contributed by atoms with Crippen molar-refractivity contribution in [2.75, 3.05) is 0 Å². The van der Waals surface area contributed by atoms with Crippen molar-refractivity contribution in [2.24, 2.45) is 0 Å². The van der Waals surface area contributed by atoms with E-state index in [4.69, 9.17) is 0 Å². The van der Waals surface area contributed by atoms with Crippen LogP contribution in [0.4, 0.5) is 17.6 Å². The number of allylic oxidation sites excluding steroid dienone is 8. The fourth-order valence-electron chi connectivity index (χ4n) is 2.94. The van der Waals surface area contributed by atoms with E-state index in [0.29, 0.717) is 11.4 Å². The van der Waals surface area contributed by atoms with Gasteiger partial charge in [-0.1, -0.05) is 0 Å². The van der Waals surface area contributed by atoms with Crippen LogP contribution in [0.25, 0.3) is 11.4 Å². The van der Waals surface area contributed by atoms with Crippen LogP contribution in [0, 0.1) is 47.6 Å². The summed E-state index contributed by atoms with van der Waals surface area (Å²) in [7, 11) is 0. The standard InChI is InChI=1S/2C10H6F2N.2C5H5.Ti/c2*11-8-3-4-10(9(12)7-8)13-5-1-2-6-13;2*1-2-4-5-3-1;/h2*1-6H;2*1-3H,4H2;/q4*-1;+4. The van der Waals surface area contributed by atoms with Crippen molar-refractivity contribution < 1.29 is 39.3 Å². The summed E-state index contributed by atoms with van der Waals surface area (Å²) in [4.78, 5) is 0. The van der Waals surface area contributed by atoms with Crippen molar-refractivity contribution >= 4 is 0 Å². The predicted octanol–water partition coefficient (Wildman–Crippen LogP) is 7.72. The molecule has 2 aliphatic rings. The van der Waals surface area contributed by atoms with Gasteiger partial charge in [0.25, 0.3) is 0 Å². The van der Waals surface area contributed by atoms with Crippen molar-refractivity contribution in [1.29, 1.82) is 0 Å². The van der Waals surface area contributed by atoms with E-state index in [1.165, 1.54) is 24.3 Å². The molecule has 0 N–H and O–H groups in total. The number of hydrogen-bond donors (Lipinski definition) is 0. The van der Waals surface area contributed by atoms with E-state index in [-0.39, 0.29) is 21.7 Å². The summed E-state index contributed by atoms with van der Waals surface area (Å²) in [6.45, 7) is 0. The van der Waals surface area contributed by atoms with E-state index in [2.05, 4.69) is 24.3 Å². The SMILES string of the molecule is Fc1[c-]c(F)c(-n2cccc2)cc1.Fc1[c-]c(F)c(-n2cccc2)cc1.[C-]1=CC=CC1.[C-]1=CC=CC1.[Ti+4]. The molecule has 0 bridgehead atoms. The fraction of sp³-hybridized carbons (Fsp3) is 0.0667. The molecule has 2 heterocycles. The van der Waals surface area contributed by atoms with Gasteiger partial charge in [-0.2, -0.15) is 12.2 Å². The molecule has 0 fully saturated rings. The van der Waals surface area contributed by atoms with Crippen molar-refractivity contribution in [3.63, 3.8) is 0 Å². The average Bonchev–Trinajstić information content (AvgIpc) is 3.69. The Hall–Kier alpha value is -3.61. The van der Waals surface area contributed by atoms with Gasteiger partial charge in [-0.25, -0.2) is 41.9 Å². The van der Waals surface area contributed by atoms with Crippen molar-refractivity contribution in [3.8, 4) is 11.4 Å². The third kappa shape index (κ3) is 10.1. The van der Waals surface area contributed by atoms with Gasteiger partial charge < -0.3 is 9.13 Å². The number of halogens is 4. The predicted molar refractivity (Wildman–Crippen MR) is 132 cm³/mol. The van der Waals surface area contributed by atoms with Gasteiger partial charge in [0.2, 0.25) is 0 Å². The molecule has 0 saturated carbocycles. The molecule has 0 atom stereocenters. The normalized spacial score (nSPS) is 12.0. The Morgan fingerprint density at radius 1 is 0.568 bits per heavy atom. The first-order valence-corrected chi connectivity index (χ1v) is 11.0. The third-order valence-corrected chi connectivity index (χ3v) is 4.62. The molecule has 4 aromatic rings. The van der Waals surface area contributed by atoms with Gasteiger partial charge in [0.15, 0.2) is 0 Å². The summed E-state index contributed by atoms with van der Waals surface area (Å²) in [5.41, 5.74) is 0.595. The molecule has 2 aromatic heterocycles. The van der Waals surface area contributed by atoms with Crippen LogP contribution in [0.2, 0.25) is 0 Å². The number of benzene rings is 2. The second-order valence-electron chi connectivity index (χ2n) is 7.20. The fourth-order valence-corrected chi connectivity index (χ4v) is 2.94. The second kappa shape index (κ2) is 16.2. The van der Waals surface area contributed by atoms with Gasteiger partial charge in [0, 0.05) is 23.3 Å². The quantitative estimate of drug-likeness (QED) is 0.142. The molecule has 0 amide bonds. The van der Waals surface area contributed by atoms with Gasteiger partial charge in [-0.05, 0) is 60.4 Å². The average molecular weight is 534 g/mol. The third-order valence-electron chi connectivity index (χ3n) is 4.62. The van der Waals surface area contributed by atoms with E-state index in [1.807, 2.05) is 36.4 Å². The summed E-state index contributed by atoms with van der Waals surface area (Å²) < 4.78 is 54.3. The topological polar surface area (TPSA) is 9.86 Å². The molecule has 0 radical (unpaired) electrons. The van der Waals surface area contributed by atoms with Crippen LogP contribution in [0.5, 0.6) is 0 Å². The Bertz CT molecular complexity index is 1200. The van der Waals surface area contributed by atoms with Crippen LogP contribution >= 0.6 is 0 Å². The minimum atomic E-state index is -0.687. The summed E-state index contributed by atoms with van der Waals surface area (Å²) in [5, 5.41) is 0. The van der Waals surface area contributed by atoms with Crippen LogP contribution in [-0.2, 0) is 21.7 Å². The minimum Gasteiger partial charge on any atom is -0.375 e. The largest absolute Gasteiger partial charge is 4.00 e. The molecule has 184 valence electrons. The smallest absolute Gasteiger partial charge is 0.375 e. The summed E-state index contributed by atoms with van der Waals surface area (Å²) >= 11 is 0. The summed E-state index contributed by atoms with van der Waals surface area (Å²) in [5.74, 6) is -2.74. The maximum absolute atomic E-state index is 13.1. The first kappa shape index (κ1) is 29.6. The molecular weight excluding hydrogens is 512 g/mol. The van der Waals surface area contributed by atoms with Crippen LogP contribution in [0.1, 0.15) is 12.8 Å². The van der Waals surface area contributed by atoms with Crippen molar-refractivity contribution in [2.45, 2.75) is 12.8 Å². The number of hydrogen-bond acceptors (Lipinski definition) is 0.